The van der Waals surface area contributed by atoms with Crippen molar-refractivity contribution in [1.82, 2.24) is 14.9 Å². The number of hydrogen-bond donors (Lipinski definition) is 1. The molecule has 1 aliphatic rings. The van der Waals surface area contributed by atoms with Gasteiger partial charge in [0.15, 0.2) is 0 Å². The van der Waals surface area contributed by atoms with Gasteiger partial charge in [0.1, 0.15) is 0 Å². The number of methoxy groups -OCH3 is 1. The average Bonchev–Trinajstić information content (AvgIpc) is 2.88. The minimum Gasteiger partial charge on any atom is -0.385 e. The number of piperidine rings is 1. The second-order valence-electron chi connectivity index (χ2n) is 5.17. The Labute approximate surface area is 116 Å². The van der Waals surface area contributed by atoms with E-state index in [1.165, 1.54) is 19.3 Å². The van der Waals surface area contributed by atoms with Gasteiger partial charge in [0.2, 0.25) is 5.95 Å². The molecule has 1 N–H and O–H groups in total. The van der Waals surface area contributed by atoms with Crippen LogP contribution in [0.5, 0.6) is 0 Å². The smallest absolute Gasteiger partial charge is 0.205 e. The molecule has 0 saturated carbocycles. The summed E-state index contributed by atoms with van der Waals surface area (Å²) < 4.78 is 7.38. The van der Waals surface area contributed by atoms with Crippen LogP contribution < -0.4 is 10.2 Å². The SMILES string of the molecule is CNCC1CCCCN1c1nccn1CCCOC. The molecule has 108 valence electrons. The Bertz CT molecular complexity index is 364. The number of hydrogen-bond acceptors (Lipinski definition) is 4. The lowest BCUT2D eigenvalue weighted by atomic mass is 10.0. The van der Waals surface area contributed by atoms with Gasteiger partial charge in [-0.3, -0.25) is 0 Å². The van der Waals surface area contributed by atoms with E-state index >= 15 is 0 Å². The predicted octanol–water partition coefficient (Wildman–Crippen LogP) is 1.50. The minimum absolute atomic E-state index is 0.572. The molecule has 1 aliphatic heterocycles. The van der Waals surface area contributed by atoms with Gasteiger partial charge in [-0.05, 0) is 32.7 Å². The highest BCUT2D eigenvalue weighted by Gasteiger charge is 2.24. The zero-order valence-electron chi connectivity index (χ0n) is 12.1. The summed E-state index contributed by atoms with van der Waals surface area (Å²) in [5.74, 6) is 1.12. The quantitative estimate of drug-likeness (QED) is 0.760. The fourth-order valence-electron chi connectivity index (χ4n) is 2.83. The molecule has 0 aliphatic carbocycles. The van der Waals surface area contributed by atoms with Crippen molar-refractivity contribution >= 4 is 5.95 Å². The van der Waals surface area contributed by atoms with Gasteiger partial charge in [-0.15, -0.1) is 0 Å². The van der Waals surface area contributed by atoms with Crippen molar-refractivity contribution in [3.8, 4) is 0 Å². The van der Waals surface area contributed by atoms with E-state index in [2.05, 4.69) is 26.0 Å². The maximum absolute atomic E-state index is 5.13. The zero-order valence-corrected chi connectivity index (χ0v) is 12.1. The van der Waals surface area contributed by atoms with Gasteiger partial charge < -0.3 is 19.5 Å². The van der Waals surface area contributed by atoms with Crippen LogP contribution in [0.3, 0.4) is 0 Å². The highest BCUT2D eigenvalue weighted by atomic mass is 16.5. The maximum Gasteiger partial charge on any atom is 0.205 e. The van der Waals surface area contributed by atoms with E-state index in [0.29, 0.717) is 6.04 Å². The number of nitrogens with one attached hydrogen (secondary N) is 1. The average molecular weight is 266 g/mol. The van der Waals surface area contributed by atoms with Crippen LogP contribution in [0.4, 0.5) is 5.95 Å². The molecule has 19 heavy (non-hydrogen) atoms. The highest BCUT2D eigenvalue weighted by Crippen LogP contribution is 2.23. The molecule has 2 heterocycles. The molecular weight excluding hydrogens is 240 g/mol. The molecular formula is C14H26N4O. The Morgan fingerprint density at radius 3 is 3.16 bits per heavy atom. The third kappa shape index (κ3) is 3.70. The van der Waals surface area contributed by atoms with Crippen molar-refractivity contribution in [2.24, 2.45) is 0 Å². The van der Waals surface area contributed by atoms with E-state index < -0.39 is 0 Å². The number of anilines is 1. The lowest BCUT2D eigenvalue weighted by Crippen LogP contribution is -2.46. The van der Waals surface area contributed by atoms with Crippen molar-refractivity contribution in [2.45, 2.75) is 38.3 Å². The van der Waals surface area contributed by atoms with Crippen LogP contribution >= 0.6 is 0 Å². The van der Waals surface area contributed by atoms with Crippen molar-refractivity contribution in [3.63, 3.8) is 0 Å². The largest absolute Gasteiger partial charge is 0.385 e. The molecule has 0 spiro atoms. The molecule has 1 saturated heterocycles. The lowest BCUT2D eigenvalue weighted by molar-refractivity contribution is 0.190. The van der Waals surface area contributed by atoms with Crippen LogP contribution in [0.15, 0.2) is 12.4 Å². The van der Waals surface area contributed by atoms with Gasteiger partial charge in [0, 0.05) is 51.8 Å². The number of rotatable bonds is 7. The molecule has 1 aromatic heterocycles. The lowest BCUT2D eigenvalue weighted by Gasteiger charge is -2.36. The topological polar surface area (TPSA) is 42.3 Å². The van der Waals surface area contributed by atoms with Crippen molar-refractivity contribution in [3.05, 3.63) is 12.4 Å². The number of ether oxygens (including phenoxy) is 1. The zero-order chi connectivity index (χ0) is 13.5. The number of aryl methyl sites for hydroxylation is 1. The van der Waals surface area contributed by atoms with E-state index in [0.717, 1.165) is 38.6 Å². The molecule has 1 fully saturated rings. The normalized spacial score (nSPS) is 19.9. The van der Waals surface area contributed by atoms with Crippen molar-refractivity contribution in [2.75, 3.05) is 38.8 Å². The molecule has 5 heteroatoms. The standard InChI is InChI=1S/C14H26N4O/c1-15-12-13-6-3-4-9-18(13)14-16-7-10-17(14)8-5-11-19-2/h7,10,13,15H,3-6,8-9,11-12H2,1-2H3. The third-order valence-electron chi connectivity index (χ3n) is 3.76. The first-order valence-electron chi connectivity index (χ1n) is 7.28. The van der Waals surface area contributed by atoms with Crippen molar-refractivity contribution in [1.29, 1.82) is 0 Å². The molecule has 1 unspecified atom stereocenters. The summed E-state index contributed by atoms with van der Waals surface area (Å²) >= 11 is 0. The Balaban J connectivity index is 2.04. The fourth-order valence-corrected chi connectivity index (χ4v) is 2.83. The summed E-state index contributed by atoms with van der Waals surface area (Å²) in [7, 11) is 3.78. The van der Waals surface area contributed by atoms with E-state index in [1.54, 1.807) is 7.11 Å². The van der Waals surface area contributed by atoms with Gasteiger partial charge in [0.05, 0.1) is 0 Å². The van der Waals surface area contributed by atoms with Crippen molar-refractivity contribution < 1.29 is 4.74 Å². The monoisotopic (exact) mass is 266 g/mol. The first-order valence-corrected chi connectivity index (χ1v) is 7.28. The summed E-state index contributed by atoms with van der Waals surface area (Å²) in [6.07, 6.45) is 8.87. The van der Waals surface area contributed by atoms with E-state index in [4.69, 9.17) is 4.74 Å². The number of nitrogens with zero attached hydrogens (tertiary/aromatic N) is 3. The predicted molar refractivity (Wildman–Crippen MR) is 77.6 cm³/mol. The third-order valence-corrected chi connectivity index (χ3v) is 3.76. The van der Waals surface area contributed by atoms with Gasteiger partial charge in [-0.2, -0.15) is 0 Å². The summed E-state index contributed by atoms with van der Waals surface area (Å²) in [5, 5.41) is 3.30. The molecule has 1 atom stereocenters. The molecule has 5 nitrogen and oxygen atoms in total. The Morgan fingerprint density at radius 1 is 1.47 bits per heavy atom. The van der Waals surface area contributed by atoms with E-state index in [1.807, 2.05) is 13.2 Å². The molecule has 2 rings (SSSR count). The summed E-state index contributed by atoms with van der Waals surface area (Å²) in [4.78, 5) is 7.04. The van der Waals surface area contributed by atoms with Crippen LogP contribution in [0, 0.1) is 0 Å². The van der Waals surface area contributed by atoms with Gasteiger partial charge >= 0.3 is 0 Å². The number of aromatic nitrogens is 2. The van der Waals surface area contributed by atoms with Crippen LogP contribution in [0.25, 0.3) is 0 Å². The molecule has 0 aromatic carbocycles. The van der Waals surface area contributed by atoms with Crippen LogP contribution in [-0.2, 0) is 11.3 Å². The van der Waals surface area contributed by atoms with Crippen LogP contribution in [-0.4, -0.2) is 49.4 Å². The minimum atomic E-state index is 0.572. The number of likely N-dealkylation sites (N-methyl/N-ethyl adjacent to an activating group) is 1. The summed E-state index contributed by atoms with van der Waals surface area (Å²) in [5.41, 5.74) is 0. The molecule has 0 bridgehead atoms. The summed E-state index contributed by atoms with van der Waals surface area (Å²) in [6.45, 7) is 3.93. The molecule has 1 aromatic rings. The first-order chi connectivity index (χ1) is 9.36. The Kier molecular flexibility index (Phi) is 5.66. The Hall–Kier alpha value is -1.07. The fraction of sp³-hybridized carbons (Fsp3) is 0.786. The van der Waals surface area contributed by atoms with Gasteiger partial charge in [-0.25, -0.2) is 4.98 Å². The Morgan fingerprint density at radius 2 is 2.37 bits per heavy atom. The van der Waals surface area contributed by atoms with Gasteiger partial charge in [-0.1, -0.05) is 0 Å². The maximum atomic E-state index is 5.13. The van der Waals surface area contributed by atoms with E-state index in [9.17, 15) is 0 Å². The van der Waals surface area contributed by atoms with E-state index in [-0.39, 0.29) is 0 Å². The highest BCUT2D eigenvalue weighted by molar-refractivity contribution is 5.34. The van der Waals surface area contributed by atoms with Crippen LogP contribution in [0.1, 0.15) is 25.7 Å². The van der Waals surface area contributed by atoms with Gasteiger partial charge in [0.25, 0.3) is 0 Å². The first kappa shape index (κ1) is 14.3. The van der Waals surface area contributed by atoms with Crippen LogP contribution in [0.2, 0.25) is 0 Å². The molecule has 0 amide bonds. The number of imidazole rings is 1. The second kappa shape index (κ2) is 7.50. The summed E-state index contributed by atoms with van der Waals surface area (Å²) in [6, 6.07) is 0.572. The molecule has 0 radical (unpaired) electrons. The second-order valence-corrected chi connectivity index (χ2v) is 5.17.